The largest absolute Gasteiger partial charge is 0.274 e. The third kappa shape index (κ3) is 1.46. The summed E-state index contributed by atoms with van der Waals surface area (Å²) in [6, 6.07) is 3.91. The van der Waals surface area contributed by atoms with E-state index in [0.717, 1.165) is 17.1 Å². The molecule has 0 aliphatic rings. The van der Waals surface area contributed by atoms with Crippen molar-refractivity contribution < 1.29 is 4.57 Å². The van der Waals surface area contributed by atoms with Crippen molar-refractivity contribution in [3.8, 4) is 11.4 Å². The Morgan fingerprint density at radius 2 is 2.14 bits per heavy atom. The molecule has 2 aromatic rings. The lowest BCUT2D eigenvalue weighted by atomic mass is 10.2. The SMILES string of the molecule is Cc1ncccc1-c1ncnc[n+]1C. The lowest BCUT2D eigenvalue weighted by Crippen LogP contribution is -2.32. The van der Waals surface area contributed by atoms with Gasteiger partial charge in [0.2, 0.25) is 6.33 Å². The second-order valence-corrected chi connectivity index (χ2v) is 3.08. The number of pyridine rings is 1. The fourth-order valence-electron chi connectivity index (χ4n) is 1.34. The van der Waals surface area contributed by atoms with Crippen LogP contribution in [-0.4, -0.2) is 15.0 Å². The predicted octanol–water partition coefficient (Wildman–Crippen LogP) is 0.672. The summed E-state index contributed by atoms with van der Waals surface area (Å²) in [5.74, 6) is 0.880. The van der Waals surface area contributed by atoms with Gasteiger partial charge in [-0.1, -0.05) is 9.97 Å². The smallest absolute Gasteiger partial charge is 0.261 e. The zero-order chi connectivity index (χ0) is 9.97. The average Bonchev–Trinajstić information content (AvgIpc) is 2.20. The summed E-state index contributed by atoms with van der Waals surface area (Å²) >= 11 is 0. The Labute approximate surface area is 82.3 Å². The highest BCUT2D eigenvalue weighted by atomic mass is 15.1. The first-order valence-corrected chi connectivity index (χ1v) is 4.36. The molecule has 0 bridgehead atoms. The lowest BCUT2D eigenvalue weighted by Gasteiger charge is -2.01. The molecule has 0 amide bonds. The van der Waals surface area contributed by atoms with Crippen LogP contribution in [0.5, 0.6) is 0 Å². The highest BCUT2D eigenvalue weighted by Crippen LogP contribution is 2.14. The van der Waals surface area contributed by atoms with Crippen LogP contribution in [-0.2, 0) is 7.05 Å². The summed E-state index contributed by atoms with van der Waals surface area (Å²) in [6.07, 6.45) is 5.05. The minimum atomic E-state index is 0.880. The zero-order valence-corrected chi connectivity index (χ0v) is 8.18. The highest BCUT2D eigenvalue weighted by Gasteiger charge is 2.11. The van der Waals surface area contributed by atoms with Gasteiger partial charge in [0.25, 0.3) is 12.2 Å². The molecule has 4 heteroatoms. The van der Waals surface area contributed by atoms with Crippen LogP contribution in [0.1, 0.15) is 5.69 Å². The second kappa shape index (κ2) is 3.49. The Morgan fingerprint density at radius 3 is 2.86 bits per heavy atom. The molecule has 0 atom stereocenters. The van der Waals surface area contributed by atoms with E-state index in [0.29, 0.717) is 0 Å². The minimum absolute atomic E-state index is 0.880. The van der Waals surface area contributed by atoms with Crippen molar-refractivity contribution in [1.82, 2.24) is 15.0 Å². The maximum atomic E-state index is 4.22. The Balaban J connectivity index is 2.61. The number of hydrogen-bond donors (Lipinski definition) is 0. The molecule has 14 heavy (non-hydrogen) atoms. The molecule has 2 aromatic heterocycles. The standard InChI is InChI=1S/C10H11N4/c1-8-9(4-3-5-12-8)10-13-6-11-7-14(10)2/h3-7H,1-2H3/q+1. The molecule has 0 aliphatic carbocycles. The Hall–Kier alpha value is -1.84. The molecule has 0 aliphatic heterocycles. The van der Waals surface area contributed by atoms with Crippen molar-refractivity contribution in [2.45, 2.75) is 6.92 Å². The summed E-state index contributed by atoms with van der Waals surface area (Å²) in [7, 11) is 1.92. The van der Waals surface area contributed by atoms with Gasteiger partial charge in [-0.05, 0) is 19.1 Å². The fraction of sp³-hybridized carbons (Fsp3) is 0.200. The van der Waals surface area contributed by atoms with Gasteiger partial charge in [0.15, 0.2) is 0 Å². The maximum absolute atomic E-state index is 4.22. The monoisotopic (exact) mass is 187 g/mol. The molecule has 70 valence electrons. The van der Waals surface area contributed by atoms with Crippen molar-refractivity contribution in [1.29, 1.82) is 0 Å². The third-order valence-electron chi connectivity index (χ3n) is 2.07. The summed E-state index contributed by atoms with van der Waals surface area (Å²) in [4.78, 5) is 12.4. The van der Waals surface area contributed by atoms with Crippen molar-refractivity contribution in [2.75, 3.05) is 0 Å². The predicted molar refractivity (Wildman–Crippen MR) is 51.2 cm³/mol. The molecule has 2 heterocycles. The summed E-state index contributed by atoms with van der Waals surface area (Å²) in [5, 5.41) is 0. The quantitative estimate of drug-likeness (QED) is 0.616. The van der Waals surface area contributed by atoms with Crippen LogP contribution in [0.25, 0.3) is 11.4 Å². The molecule has 4 nitrogen and oxygen atoms in total. The van der Waals surface area contributed by atoms with E-state index in [9.17, 15) is 0 Å². The Kier molecular flexibility index (Phi) is 2.18. The molecule has 0 unspecified atom stereocenters. The molecular weight excluding hydrogens is 176 g/mol. The first kappa shape index (κ1) is 8.74. The number of hydrogen-bond acceptors (Lipinski definition) is 3. The topological polar surface area (TPSA) is 42.6 Å². The first-order chi connectivity index (χ1) is 6.79. The van der Waals surface area contributed by atoms with Crippen LogP contribution in [0.15, 0.2) is 31.0 Å². The zero-order valence-electron chi connectivity index (χ0n) is 8.18. The average molecular weight is 187 g/mol. The molecule has 0 saturated heterocycles. The van der Waals surface area contributed by atoms with Gasteiger partial charge in [0, 0.05) is 6.20 Å². The molecule has 2 rings (SSSR count). The highest BCUT2D eigenvalue weighted by molar-refractivity contribution is 5.54. The van der Waals surface area contributed by atoms with Crippen LogP contribution in [0.2, 0.25) is 0 Å². The summed E-state index contributed by atoms with van der Waals surface area (Å²) in [6.45, 7) is 1.97. The van der Waals surface area contributed by atoms with Crippen molar-refractivity contribution in [3.05, 3.63) is 36.7 Å². The number of aryl methyl sites for hydroxylation is 2. The van der Waals surface area contributed by atoms with Gasteiger partial charge in [-0.3, -0.25) is 4.98 Å². The Morgan fingerprint density at radius 1 is 1.29 bits per heavy atom. The van der Waals surface area contributed by atoms with E-state index in [-0.39, 0.29) is 0 Å². The van der Waals surface area contributed by atoms with Gasteiger partial charge in [0.1, 0.15) is 0 Å². The van der Waals surface area contributed by atoms with E-state index in [4.69, 9.17) is 0 Å². The van der Waals surface area contributed by atoms with Crippen molar-refractivity contribution in [2.24, 2.45) is 7.05 Å². The number of aromatic nitrogens is 4. The van der Waals surface area contributed by atoms with Crippen LogP contribution >= 0.6 is 0 Å². The molecule has 0 radical (unpaired) electrons. The third-order valence-corrected chi connectivity index (χ3v) is 2.07. The van der Waals surface area contributed by atoms with Gasteiger partial charge >= 0.3 is 0 Å². The van der Waals surface area contributed by atoms with Gasteiger partial charge < -0.3 is 0 Å². The maximum Gasteiger partial charge on any atom is 0.274 e. The van der Waals surface area contributed by atoms with Crippen LogP contribution in [0, 0.1) is 6.92 Å². The fourth-order valence-corrected chi connectivity index (χ4v) is 1.34. The first-order valence-electron chi connectivity index (χ1n) is 4.36. The van der Waals surface area contributed by atoms with Crippen molar-refractivity contribution in [3.63, 3.8) is 0 Å². The van der Waals surface area contributed by atoms with E-state index in [1.54, 1.807) is 18.9 Å². The lowest BCUT2D eigenvalue weighted by molar-refractivity contribution is -0.666. The van der Waals surface area contributed by atoms with Gasteiger partial charge in [-0.25, -0.2) is 4.57 Å². The van der Waals surface area contributed by atoms with E-state index in [1.807, 2.05) is 30.7 Å². The van der Waals surface area contributed by atoms with Gasteiger partial charge in [-0.15, -0.1) is 0 Å². The van der Waals surface area contributed by atoms with E-state index >= 15 is 0 Å². The molecule has 0 aromatic carbocycles. The molecule has 0 fully saturated rings. The molecule has 0 spiro atoms. The van der Waals surface area contributed by atoms with Gasteiger partial charge in [0.05, 0.1) is 18.3 Å². The minimum Gasteiger partial charge on any atom is -0.261 e. The number of nitrogens with zero attached hydrogens (tertiary/aromatic N) is 4. The van der Waals surface area contributed by atoms with E-state index < -0.39 is 0 Å². The van der Waals surface area contributed by atoms with E-state index in [1.165, 1.54) is 0 Å². The normalized spacial score (nSPS) is 10.1. The molecular formula is C10H11N4+. The molecule has 0 N–H and O–H groups in total. The van der Waals surface area contributed by atoms with E-state index in [2.05, 4.69) is 15.0 Å². The Bertz CT molecular complexity index is 410. The van der Waals surface area contributed by atoms with Crippen LogP contribution in [0.4, 0.5) is 0 Å². The molecule has 0 saturated carbocycles. The summed E-state index contributed by atoms with van der Waals surface area (Å²) < 4.78 is 1.88. The number of rotatable bonds is 1. The van der Waals surface area contributed by atoms with Crippen molar-refractivity contribution >= 4 is 0 Å². The van der Waals surface area contributed by atoms with Gasteiger partial charge in [-0.2, -0.15) is 0 Å². The van der Waals surface area contributed by atoms with Crippen LogP contribution < -0.4 is 4.57 Å². The summed E-state index contributed by atoms with van der Waals surface area (Å²) in [5.41, 5.74) is 2.01. The van der Waals surface area contributed by atoms with Crippen LogP contribution in [0.3, 0.4) is 0 Å². The second-order valence-electron chi connectivity index (χ2n) is 3.08.